The summed E-state index contributed by atoms with van der Waals surface area (Å²) < 4.78 is 0. The maximum absolute atomic E-state index is 13.2. The molecule has 7 rings (SSSR count). The molecule has 4 aromatic carbocycles. The number of hydrogen-bond donors (Lipinski definition) is 1. The van der Waals surface area contributed by atoms with Crippen LogP contribution in [0.2, 0.25) is 0 Å². The van der Waals surface area contributed by atoms with Crippen LogP contribution in [0.15, 0.2) is 103 Å². The van der Waals surface area contributed by atoms with Crippen molar-refractivity contribution in [2.75, 3.05) is 40.9 Å². The van der Waals surface area contributed by atoms with Gasteiger partial charge in [-0.05, 0) is 36.4 Å². The first-order chi connectivity index (χ1) is 20.6. The molecule has 42 heavy (non-hydrogen) atoms. The maximum atomic E-state index is 13.2. The fraction of sp³-hybridized carbons (Fsp3) is 0.156. The molecule has 0 saturated carbocycles. The average Bonchev–Trinajstić information content (AvgIpc) is 3.05. The highest BCUT2D eigenvalue weighted by Crippen LogP contribution is 2.40. The Bertz CT molecular complexity index is 1810. The third-order valence-corrected chi connectivity index (χ3v) is 7.82. The van der Waals surface area contributed by atoms with Crippen LogP contribution in [-0.4, -0.2) is 47.0 Å². The minimum absolute atomic E-state index is 0.0584. The number of aromatic nitrogens is 2. The molecule has 2 aliphatic heterocycles. The number of benzene rings is 4. The summed E-state index contributed by atoms with van der Waals surface area (Å²) in [5.41, 5.74) is 3.58. The largest absolute Gasteiger partial charge is 0.368 e. The number of nitrogens with one attached hydrogen (secondary N) is 1. The van der Waals surface area contributed by atoms with Gasteiger partial charge in [-0.1, -0.05) is 54.6 Å². The van der Waals surface area contributed by atoms with Crippen molar-refractivity contribution in [3.63, 3.8) is 0 Å². The molecule has 3 heterocycles. The summed E-state index contributed by atoms with van der Waals surface area (Å²) in [6.45, 7) is 3.24. The summed E-state index contributed by atoms with van der Waals surface area (Å²) >= 11 is 0. The van der Waals surface area contributed by atoms with E-state index < -0.39 is 11.1 Å². The van der Waals surface area contributed by atoms with E-state index in [1.807, 2.05) is 53.4 Å². The Morgan fingerprint density at radius 2 is 1.50 bits per heavy atom. The Morgan fingerprint density at radius 3 is 2.31 bits per heavy atom. The van der Waals surface area contributed by atoms with Gasteiger partial charge in [-0.2, -0.15) is 4.98 Å². The third-order valence-electron chi connectivity index (χ3n) is 7.82. The van der Waals surface area contributed by atoms with Crippen molar-refractivity contribution < 1.29 is 9.72 Å². The number of hydrogen-bond acceptors (Lipinski definition) is 8. The monoisotopic (exact) mass is 557 g/mol. The van der Waals surface area contributed by atoms with Crippen LogP contribution in [0, 0.1) is 10.1 Å². The van der Waals surface area contributed by atoms with E-state index in [2.05, 4.69) is 39.4 Å². The van der Waals surface area contributed by atoms with Crippen LogP contribution in [0.5, 0.6) is 0 Å². The second kappa shape index (κ2) is 10.5. The topological polar surface area (TPSA) is 108 Å². The van der Waals surface area contributed by atoms with Crippen LogP contribution in [0.3, 0.4) is 0 Å². The number of nitro benzene ring substituents is 1. The summed E-state index contributed by atoms with van der Waals surface area (Å²) in [4.78, 5) is 41.0. The number of anilines is 4. The van der Waals surface area contributed by atoms with Crippen molar-refractivity contribution in [2.45, 2.75) is 6.17 Å². The summed E-state index contributed by atoms with van der Waals surface area (Å²) in [6, 6.07) is 31.9. The van der Waals surface area contributed by atoms with Crippen molar-refractivity contribution in [3.05, 3.63) is 124 Å². The number of fused-ring (bicyclic) bond motifs is 2. The number of rotatable bonds is 5. The molecule has 208 valence electrons. The molecule has 10 heteroatoms. The average molecular weight is 558 g/mol. The van der Waals surface area contributed by atoms with Gasteiger partial charge in [0, 0.05) is 54.9 Å². The first-order valence-electron chi connectivity index (χ1n) is 13.8. The lowest BCUT2D eigenvalue weighted by molar-refractivity contribution is -0.384. The molecule has 1 aromatic heterocycles. The van der Waals surface area contributed by atoms with Crippen molar-refractivity contribution in [1.29, 1.82) is 0 Å². The van der Waals surface area contributed by atoms with Crippen molar-refractivity contribution in [1.82, 2.24) is 15.3 Å². The molecule has 2 aliphatic rings. The first-order valence-corrected chi connectivity index (χ1v) is 13.8. The van der Waals surface area contributed by atoms with Crippen LogP contribution in [0.4, 0.5) is 28.8 Å². The van der Waals surface area contributed by atoms with Gasteiger partial charge in [0.25, 0.3) is 11.6 Å². The predicted octanol–water partition coefficient (Wildman–Crippen LogP) is 5.44. The van der Waals surface area contributed by atoms with Gasteiger partial charge < -0.3 is 15.1 Å². The van der Waals surface area contributed by atoms with E-state index in [1.165, 1.54) is 17.8 Å². The minimum Gasteiger partial charge on any atom is -0.368 e. The lowest BCUT2D eigenvalue weighted by Gasteiger charge is -2.39. The van der Waals surface area contributed by atoms with E-state index in [0.717, 1.165) is 42.9 Å². The van der Waals surface area contributed by atoms with E-state index in [4.69, 9.17) is 9.97 Å². The molecule has 1 unspecified atom stereocenters. The SMILES string of the molecule is O=C1NC(c2cccc([N+](=O)[O-])c2)N(c2nc(N3CCN(c4ccccc4)CC3)c3ccccc3n2)c2ccccc21. The molecule has 1 fully saturated rings. The van der Waals surface area contributed by atoms with E-state index in [-0.39, 0.29) is 11.6 Å². The van der Waals surface area contributed by atoms with Crippen molar-refractivity contribution in [3.8, 4) is 0 Å². The molecular weight excluding hydrogens is 530 g/mol. The number of carbonyl (C=O) groups is 1. The zero-order chi connectivity index (χ0) is 28.6. The number of nitro groups is 1. The Labute approximate surface area is 242 Å². The van der Waals surface area contributed by atoms with Crippen LogP contribution in [0.25, 0.3) is 10.9 Å². The number of para-hydroxylation sites is 3. The summed E-state index contributed by atoms with van der Waals surface area (Å²) in [5.74, 6) is 0.949. The molecule has 10 nitrogen and oxygen atoms in total. The molecule has 5 aromatic rings. The highest BCUT2D eigenvalue weighted by Gasteiger charge is 2.35. The fourth-order valence-corrected chi connectivity index (χ4v) is 5.76. The predicted molar refractivity (Wildman–Crippen MR) is 162 cm³/mol. The van der Waals surface area contributed by atoms with E-state index in [9.17, 15) is 14.9 Å². The van der Waals surface area contributed by atoms with E-state index in [1.54, 1.807) is 18.2 Å². The van der Waals surface area contributed by atoms with Gasteiger partial charge in [-0.3, -0.25) is 19.8 Å². The van der Waals surface area contributed by atoms with E-state index in [0.29, 0.717) is 22.8 Å². The molecule has 1 amide bonds. The molecule has 1 saturated heterocycles. The maximum Gasteiger partial charge on any atom is 0.269 e. The van der Waals surface area contributed by atoms with Gasteiger partial charge >= 0.3 is 0 Å². The Hall–Kier alpha value is -5.51. The van der Waals surface area contributed by atoms with Gasteiger partial charge in [0.05, 0.1) is 21.7 Å². The zero-order valence-corrected chi connectivity index (χ0v) is 22.6. The smallest absolute Gasteiger partial charge is 0.269 e. The quantitative estimate of drug-likeness (QED) is 0.225. The standard InChI is InChI=1S/C32H27N7O3/c40-31-26-14-5-7-16-28(26)38(29(34-31)22-9-8-12-24(21-22)39(41)42)32-33-27-15-6-4-13-25(27)30(35-32)37-19-17-36(18-20-37)23-10-2-1-3-11-23/h1-16,21,29H,17-20H2,(H,34,40). The number of carbonyl (C=O) groups excluding carboxylic acids is 1. The first kappa shape index (κ1) is 25.5. The number of non-ortho nitro benzene ring substituents is 1. The molecule has 0 bridgehead atoms. The van der Waals surface area contributed by atoms with Gasteiger partial charge in [-0.25, -0.2) is 4.98 Å². The normalized spacial score (nSPS) is 16.7. The van der Waals surface area contributed by atoms with Gasteiger partial charge in [0.1, 0.15) is 12.0 Å². The second-order valence-electron chi connectivity index (χ2n) is 10.3. The number of piperazine rings is 1. The van der Waals surface area contributed by atoms with Crippen LogP contribution in [0.1, 0.15) is 22.1 Å². The zero-order valence-electron chi connectivity index (χ0n) is 22.6. The molecule has 0 radical (unpaired) electrons. The highest BCUT2D eigenvalue weighted by molar-refractivity contribution is 6.03. The Balaban J connectivity index is 1.33. The number of nitrogens with zero attached hydrogens (tertiary/aromatic N) is 6. The molecule has 1 N–H and O–H groups in total. The Kier molecular flexibility index (Phi) is 6.35. The molecule has 0 spiro atoms. The highest BCUT2D eigenvalue weighted by atomic mass is 16.6. The third kappa shape index (κ3) is 4.52. The van der Waals surface area contributed by atoms with E-state index >= 15 is 0 Å². The molecule has 1 atom stereocenters. The van der Waals surface area contributed by atoms with Gasteiger partial charge in [-0.15, -0.1) is 0 Å². The lowest BCUT2D eigenvalue weighted by Crippen LogP contribution is -2.47. The fourth-order valence-electron chi connectivity index (χ4n) is 5.76. The second-order valence-corrected chi connectivity index (χ2v) is 10.3. The summed E-state index contributed by atoms with van der Waals surface area (Å²) in [7, 11) is 0. The number of amides is 1. The van der Waals surface area contributed by atoms with Crippen LogP contribution in [-0.2, 0) is 0 Å². The summed E-state index contributed by atoms with van der Waals surface area (Å²) in [5, 5.41) is 15.6. The molecule has 0 aliphatic carbocycles. The van der Waals surface area contributed by atoms with Crippen molar-refractivity contribution in [2.24, 2.45) is 0 Å². The minimum atomic E-state index is -0.753. The van der Waals surface area contributed by atoms with Crippen molar-refractivity contribution >= 4 is 45.6 Å². The lowest BCUT2D eigenvalue weighted by atomic mass is 10.0. The summed E-state index contributed by atoms with van der Waals surface area (Å²) in [6.07, 6.45) is -0.753. The van der Waals surface area contributed by atoms with Crippen LogP contribution >= 0.6 is 0 Å². The molecular formula is C32H27N7O3. The van der Waals surface area contributed by atoms with Gasteiger partial charge in [0.15, 0.2) is 0 Å². The van der Waals surface area contributed by atoms with Gasteiger partial charge in [0.2, 0.25) is 5.95 Å². The Morgan fingerprint density at radius 1 is 0.786 bits per heavy atom. The van der Waals surface area contributed by atoms with Crippen LogP contribution < -0.4 is 20.0 Å².